The lowest BCUT2D eigenvalue weighted by atomic mass is 10.3. The van der Waals surface area contributed by atoms with Crippen LogP contribution in [0.3, 0.4) is 0 Å². The van der Waals surface area contributed by atoms with Crippen LogP contribution in [-0.4, -0.2) is 23.1 Å². The topological polar surface area (TPSA) is 56.3 Å². The summed E-state index contributed by atoms with van der Waals surface area (Å²) < 4.78 is 11.0. The largest absolute Gasteiger partial charge is 0.494 e. The molecule has 20 heavy (non-hydrogen) atoms. The molecule has 0 radical (unpaired) electrons. The maximum Gasteiger partial charge on any atom is 0.239 e. The second-order valence-electron chi connectivity index (χ2n) is 4.18. The fourth-order valence-electron chi connectivity index (χ4n) is 1.63. The van der Waals surface area contributed by atoms with Gasteiger partial charge in [-0.2, -0.15) is 4.98 Å². The molecule has 0 saturated heterocycles. The highest BCUT2D eigenvalue weighted by Gasteiger charge is 2.02. The first-order valence-corrected chi connectivity index (χ1v) is 6.78. The standard InChI is InChI=1S/C15H19N3O2/c1-3-9-17-14-10-16-11-15(18-14)20-13-7-5-12(6-8-13)19-4-2/h5-8,10-11H,3-4,9H2,1-2H3,(H,17,18). The zero-order chi connectivity index (χ0) is 14.2. The van der Waals surface area contributed by atoms with Gasteiger partial charge >= 0.3 is 0 Å². The summed E-state index contributed by atoms with van der Waals surface area (Å²) in [6.07, 6.45) is 4.31. The number of nitrogens with zero attached hydrogens (tertiary/aromatic N) is 2. The Bertz CT molecular complexity index is 529. The van der Waals surface area contributed by atoms with E-state index in [0.717, 1.165) is 24.5 Å². The van der Waals surface area contributed by atoms with Crippen LogP contribution in [-0.2, 0) is 0 Å². The summed E-state index contributed by atoms with van der Waals surface area (Å²) in [7, 11) is 0. The summed E-state index contributed by atoms with van der Waals surface area (Å²) in [5, 5.41) is 3.17. The van der Waals surface area contributed by atoms with Gasteiger partial charge in [-0.05, 0) is 37.6 Å². The fourth-order valence-corrected chi connectivity index (χ4v) is 1.63. The van der Waals surface area contributed by atoms with E-state index in [9.17, 15) is 0 Å². The Balaban J connectivity index is 2.01. The van der Waals surface area contributed by atoms with Crippen LogP contribution in [0.25, 0.3) is 0 Å². The monoisotopic (exact) mass is 273 g/mol. The number of ether oxygens (including phenoxy) is 2. The third-order valence-electron chi connectivity index (χ3n) is 2.53. The SMILES string of the molecule is CCCNc1cncc(Oc2ccc(OCC)cc2)n1. The van der Waals surface area contributed by atoms with E-state index in [4.69, 9.17) is 9.47 Å². The quantitative estimate of drug-likeness (QED) is 0.836. The molecule has 5 heteroatoms. The molecule has 0 atom stereocenters. The summed E-state index contributed by atoms with van der Waals surface area (Å²) in [4.78, 5) is 8.44. The molecule has 0 fully saturated rings. The molecule has 0 aliphatic heterocycles. The minimum atomic E-state index is 0.468. The van der Waals surface area contributed by atoms with Gasteiger partial charge in [0, 0.05) is 6.54 Å². The fraction of sp³-hybridized carbons (Fsp3) is 0.333. The molecular weight excluding hydrogens is 254 g/mol. The molecule has 0 saturated carbocycles. The average Bonchev–Trinajstić information content (AvgIpc) is 2.48. The molecule has 106 valence electrons. The van der Waals surface area contributed by atoms with Crippen molar-refractivity contribution in [3.63, 3.8) is 0 Å². The molecular formula is C15H19N3O2. The Morgan fingerprint density at radius 2 is 1.80 bits per heavy atom. The van der Waals surface area contributed by atoms with Crippen LogP contribution in [0.4, 0.5) is 5.82 Å². The molecule has 1 N–H and O–H groups in total. The summed E-state index contributed by atoms with van der Waals surface area (Å²) in [5.74, 6) is 2.71. The van der Waals surface area contributed by atoms with Crippen molar-refractivity contribution < 1.29 is 9.47 Å². The van der Waals surface area contributed by atoms with Gasteiger partial charge in [0.2, 0.25) is 5.88 Å². The number of rotatable bonds is 7. The number of aromatic nitrogens is 2. The number of hydrogen-bond donors (Lipinski definition) is 1. The summed E-state index contributed by atoms with van der Waals surface area (Å²) in [6.45, 7) is 5.56. The zero-order valence-electron chi connectivity index (χ0n) is 11.8. The van der Waals surface area contributed by atoms with Crippen LogP contribution in [0.15, 0.2) is 36.7 Å². The van der Waals surface area contributed by atoms with Crippen molar-refractivity contribution in [2.24, 2.45) is 0 Å². The molecule has 0 aliphatic carbocycles. The van der Waals surface area contributed by atoms with Gasteiger partial charge < -0.3 is 14.8 Å². The third kappa shape index (κ3) is 4.12. The van der Waals surface area contributed by atoms with Crippen molar-refractivity contribution in [3.8, 4) is 17.4 Å². The summed E-state index contributed by atoms with van der Waals surface area (Å²) in [6, 6.07) is 7.43. The van der Waals surface area contributed by atoms with Gasteiger partial charge in [-0.15, -0.1) is 0 Å². The highest BCUT2D eigenvalue weighted by atomic mass is 16.5. The first-order valence-electron chi connectivity index (χ1n) is 6.78. The van der Waals surface area contributed by atoms with E-state index in [-0.39, 0.29) is 0 Å². The highest BCUT2D eigenvalue weighted by Crippen LogP contribution is 2.22. The van der Waals surface area contributed by atoms with Gasteiger partial charge in [-0.3, -0.25) is 4.98 Å². The highest BCUT2D eigenvalue weighted by molar-refractivity contribution is 5.36. The maximum atomic E-state index is 5.66. The molecule has 2 rings (SSSR count). The molecule has 0 amide bonds. The van der Waals surface area contributed by atoms with E-state index in [1.807, 2.05) is 31.2 Å². The molecule has 1 heterocycles. The molecule has 0 unspecified atom stereocenters. The van der Waals surface area contributed by atoms with Crippen molar-refractivity contribution in [2.75, 3.05) is 18.5 Å². The van der Waals surface area contributed by atoms with E-state index in [1.165, 1.54) is 0 Å². The Labute approximate surface area is 119 Å². The predicted octanol–water partition coefficient (Wildman–Crippen LogP) is 3.49. The van der Waals surface area contributed by atoms with Gasteiger partial charge in [-0.1, -0.05) is 6.92 Å². The average molecular weight is 273 g/mol. The van der Waals surface area contributed by atoms with Crippen molar-refractivity contribution in [3.05, 3.63) is 36.7 Å². The summed E-state index contributed by atoms with van der Waals surface area (Å²) in [5.41, 5.74) is 0. The first-order chi connectivity index (χ1) is 9.81. The second kappa shape index (κ2) is 7.33. The van der Waals surface area contributed by atoms with Crippen LogP contribution >= 0.6 is 0 Å². The van der Waals surface area contributed by atoms with Gasteiger partial charge in [0.15, 0.2) is 0 Å². The van der Waals surface area contributed by atoms with Gasteiger partial charge in [0.1, 0.15) is 17.3 Å². The Hall–Kier alpha value is -2.30. The molecule has 0 aliphatic rings. The minimum absolute atomic E-state index is 0.468. The van der Waals surface area contributed by atoms with Crippen LogP contribution in [0.2, 0.25) is 0 Å². The van der Waals surface area contributed by atoms with E-state index in [2.05, 4.69) is 22.2 Å². The molecule has 1 aromatic heterocycles. The smallest absolute Gasteiger partial charge is 0.239 e. The van der Waals surface area contributed by atoms with E-state index >= 15 is 0 Å². The van der Waals surface area contributed by atoms with Gasteiger partial charge in [-0.25, -0.2) is 0 Å². The normalized spacial score (nSPS) is 10.1. The minimum Gasteiger partial charge on any atom is -0.494 e. The lowest BCUT2D eigenvalue weighted by molar-refractivity contribution is 0.339. The van der Waals surface area contributed by atoms with Crippen LogP contribution in [0.5, 0.6) is 17.4 Å². The lowest BCUT2D eigenvalue weighted by Crippen LogP contribution is -2.02. The Morgan fingerprint density at radius 1 is 1.05 bits per heavy atom. The van der Waals surface area contributed by atoms with Crippen molar-refractivity contribution in [1.82, 2.24) is 9.97 Å². The number of benzene rings is 1. The third-order valence-corrected chi connectivity index (χ3v) is 2.53. The molecule has 1 aromatic carbocycles. The van der Waals surface area contributed by atoms with Gasteiger partial charge in [0.25, 0.3) is 0 Å². The lowest BCUT2D eigenvalue weighted by Gasteiger charge is -2.08. The van der Waals surface area contributed by atoms with E-state index < -0.39 is 0 Å². The molecule has 5 nitrogen and oxygen atoms in total. The zero-order valence-corrected chi connectivity index (χ0v) is 11.8. The van der Waals surface area contributed by atoms with Crippen LogP contribution in [0.1, 0.15) is 20.3 Å². The Morgan fingerprint density at radius 3 is 2.50 bits per heavy atom. The molecule has 2 aromatic rings. The second-order valence-corrected chi connectivity index (χ2v) is 4.18. The number of nitrogens with one attached hydrogen (secondary N) is 1. The Kier molecular flexibility index (Phi) is 5.17. The van der Waals surface area contributed by atoms with Crippen molar-refractivity contribution in [2.45, 2.75) is 20.3 Å². The van der Waals surface area contributed by atoms with Crippen molar-refractivity contribution >= 4 is 5.82 Å². The number of hydrogen-bond acceptors (Lipinski definition) is 5. The predicted molar refractivity (Wildman–Crippen MR) is 78.5 cm³/mol. The van der Waals surface area contributed by atoms with Gasteiger partial charge in [0.05, 0.1) is 19.0 Å². The number of anilines is 1. The van der Waals surface area contributed by atoms with Crippen LogP contribution < -0.4 is 14.8 Å². The molecule has 0 spiro atoms. The molecule has 0 bridgehead atoms. The summed E-state index contributed by atoms with van der Waals surface area (Å²) >= 11 is 0. The van der Waals surface area contributed by atoms with Crippen LogP contribution in [0, 0.1) is 0 Å². The van der Waals surface area contributed by atoms with E-state index in [0.29, 0.717) is 18.2 Å². The first kappa shape index (κ1) is 14.1. The maximum absolute atomic E-state index is 5.66. The van der Waals surface area contributed by atoms with E-state index in [1.54, 1.807) is 12.4 Å². The van der Waals surface area contributed by atoms with Crippen molar-refractivity contribution in [1.29, 1.82) is 0 Å².